The summed E-state index contributed by atoms with van der Waals surface area (Å²) in [6, 6.07) is 0. The van der Waals surface area contributed by atoms with E-state index in [0.717, 1.165) is 5.06 Å². The first-order valence-corrected chi connectivity index (χ1v) is 2.58. The van der Waals surface area contributed by atoms with Crippen molar-refractivity contribution >= 4 is 0 Å². The van der Waals surface area contributed by atoms with Gasteiger partial charge in [-0.3, -0.25) is 4.84 Å². The summed E-state index contributed by atoms with van der Waals surface area (Å²) >= 11 is 0. The molecule has 0 aliphatic carbocycles. The van der Waals surface area contributed by atoms with Crippen molar-refractivity contribution in [3.63, 3.8) is 0 Å². The maximum absolute atomic E-state index is 8.29. The predicted octanol–water partition coefficient (Wildman–Crippen LogP) is 0.785. The van der Waals surface area contributed by atoms with Gasteiger partial charge < -0.3 is 0 Å². The highest BCUT2D eigenvalue weighted by atomic mass is 16.7. The number of allylic oxidation sites excluding steroid dienone is 2. The zero-order chi connectivity index (χ0) is 6.53. The average molecular weight is 122 g/mol. The van der Waals surface area contributed by atoms with Gasteiger partial charge in [-0.1, -0.05) is 12.2 Å². The summed E-state index contributed by atoms with van der Waals surface area (Å²) in [5, 5.41) is 9.40. The number of hydroxylamine groups is 2. The lowest BCUT2D eigenvalue weighted by Gasteiger charge is -2.04. The first kappa shape index (κ1) is 5.86. The van der Waals surface area contributed by atoms with Gasteiger partial charge in [0.1, 0.15) is 0 Å². The van der Waals surface area contributed by atoms with Gasteiger partial charge in [-0.25, -0.2) is 0 Å². The van der Waals surface area contributed by atoms with E-state index in [1.54, 1.807) is 12.3 Å². The zero-order valence-corrected chi connectivity index (χ0v) is 4.82. The van der Waals surface area contributed by atoms with Gasteiger partial charge in [0.2, 0.25) is 6.19 Å². The van der Waals surface area contributed by atoms with Crippen molar-refractivity contribution in [2.24, 2.45) is 0 Å². The Labute approximate surface area is 53.4 Å². The first-order chi connectivity index (χ1) is 4.43. The van der Waals surface area contributed by atoms with E-state index in [0.29, 0.717) is 6.61 Å². The van der Waals surface area contributed by atoms with E-state index in [1.165, 1.54) is 0 Å². The van der Waals surface area contributed by atoms with E-state index in [2.05, 4.69) is 0 Å². The van der Waals surface area contributed by atoms with Crippen molar-refractivity contribution in [1.29, 1.82) is 5.26 Å². The highest BCUT2D eigenvalue weighted by Crippen LogP contribution is 1.94. The lowest BCUT2D eigenvalue weighted by molar-refractivity contribution is -0.0568. The standard InChI is InChI=1S/C6H6N2O/c7-6-8-4-2-1-3-5-9-8/h1-4H,5H2. The summed E-state index contributed by atoms with van der Waals surface area (Å²) in [5.74, 6) is 0. The number of nitrogens with zero attached hydrogens (tertiary/aromatic N) is 2. The Bertz CT molecular complexity index is 178. The summed E-state index contributed by atoms with van der Waals surface area (Å²) in [6.07, 6.45) is 8.79. The summed E-state index contributed by atoms with van der Waals surface area (Å²) in [7, 11) is 0. The number of hydrogen-bond donors (Lipinski definition) is 0. The molecule has 9 heavy (non-hydrogen) atoms. The molecule has 0 radical (unpaired) electrons. The molecule has 0 spiro atoms. The highest BCUT2D eigenvalue weighted by Gasteiger charge is 1.94. The molecule has 0 amide bonds. The molecule has 0 aromatic carbocycles. The maximum atomic E-state index is 8.29. The minimum Gasteiger partial charge on any atom is -0.256 e. The lowest BCUT2D eigenvalue weighted by atomic mass is 10.5. The quantitative estimate of drug-likeness (QED) is 0.445. The maximum Gasteiger partial charge on any atom is 0.210 e. The second kappa shape index (κ2) is 2.90. The number of rotatable bonds is 0. The monoisotopic (exact) mass is 122 g/mol. The summed E-state index contributed by atoms with van der Waals surface area (Å²) in [4.78, 5) is 4.85. The molecule has 0 fully saturated rings. The van der Waals surface area contributed by atoms with Crippen LogP contribution in [0.4, 0.5) is 0 Å². The van der Waals surface area contributed by atoms with Crippen molar-refractivity contribution in [2.75, 3.05) is 6.61 Å². The van der Waals surface area contributed by atoms with Gasteiger partial charge in [-0.05, 0) is 6.08 Å². The largest absolute Gasteiger partial charge is 0.256 e. The molecule has 1 aliphatic heterocycles. The SMILES string of the molecule is N#CN1C=CC=CCO1. The smallest absolute Gasteiger partial charge is 0.210 e. The Balaban J connectivity index is 2.54. The van der Waals surface area contributed by atoms with Gasteiger partial charge in [0.05, 0.1) is 6.61 Å². The third kappa shape index (κ3) is 1.59. The second-order valence-corrected chi connectivity index (χ2v) is 1.49. The molecular weight excluding hydrogens is 116 g/mol. The fraction of sp³-hybridized carbons (Fsp3) is 0.167. The van der Waals surface area contributed by atoms with Gasteiger partial charge in [0, 0.05) is 6.20 Å². The molecule has 0 aromatic heterocycles. The van der Waals surface area contributed by atoms with Crippen LogP contribution in [-0.4, -0.2) is 11.7 Å². The van der Waals surface area contributed by atoms with Gasteiger partial charge in [-0.15, -0.1) is 0 Å². The summed E-state index contributed by atoms with van der Waals surface area (Å²) < 4.78 is 0. The Morgan fingerprint density at radius 1 is 1.56 bits per heavy atom. The lowest BCUT2D eigenvalue weighted by Crippen LogP contribution is -2.09. The van der Waals surface area contributed by atoms with Crippen LogP contribution in [0.3, 0.4) is 0 Å². The Morgan fingerprint density at radius 3 is 3.22 bits per heavy atom. The topological polar surface area (TPSA) is 36.3 Å². The van der Waals surface area contributed by atoms with Crippen molar-refractivity contribution in [3.8, 4) is 6.19 Å². The van der Waals surface area contributed by atoms with Crippen LogP contribution in [0.1, 0.15) is 0 Å². The molecule has 0 unspecified atom stereocenters. The third-order valence-corrected chi connectivity index (χ3v) is 0.877. The minimum atomic E-state index is 0.459. The number of hydrogen-bond acceptors (Lipinski definition) is 3. The fourth-order valence-corrected chi connectivity index (χ4v) is 0.491. The van der Waals surface area contributed by atoms with Crippen molar-refractivity contribution in [1.82, 2.24) is 5.06 Å². The van der Waals surface area contributed by atoms with Crippen molar-refractivity contribution in [2.45, 2.75) is 0 Å². The van der Waals surface area contributed by atoms with Crippen LogP contribution < -0.4 is 0 Å². The van der Waals surface area contributed by atoms with E-state index < -0.39 is 0 Å². The molecule has 1 heterocycles. The molecule has 1 aliphatic rings. The van der Waals surface area contributed by atoms with Gasteiger partial charge in [0.25, 0.3) is 0 Å². The van der Waals surface area contributed by atoms with Crippen LogP contribution in [0.2, 0.25) is 0 Å². The van der Waals surface area contributed by atoms with E-state index >= 15 is 0 Å². The van der Waals surface area contributed by atoms with Crippen molar-refractivity contribution in [3.05, 3.63) is 24.4 Å². The van der Waals surface area contributed by atoms with E-state index in [4.69, 9.17) is 10.1 Å². The Morgan fingerprint density at radius 2 is 2.44 bits per heavy atom. The molecule has 0 aromatic rings. The van der Waals surface area contributed by atoms with Gasteiger partial charge in [0.15, 0.2) is 0 Å². The predicted molar refractivity (Wildman–Crippen MR) is 31.7 cm³/mol. The third-order valence-electron chi connectivity index (χ3n) is 0.877. The first-order valence-electron chi connectivity index (χ1n) is 2.58. The van der Waals surface area contributed by atoms with Gasteiger partial charge in [-0.2, -0.15) is 10.3 Å². The van der Waals surface area contributed by atoms with Crippen LogP contribution in [0.5, 0.6) is 0 Å². The van der Waals surface area contributed by atoms with Crippen LogP contribution in [0.25, 0.3) is 0 Å². The highest BCUT2D eigenvalue weighted by molar-refractivity contribution is 5.04. The van der Waals surface area contributed by atoms with Crippen LogP contribution in [-0.2, 0) is 4.84 Å². The van der Waals surface area contributed by atoms with Gasteiger partial charge >= 0.3 is 0 Å². The second-order valence-electron chi connectivity index (χ2n) is 1.49. The van der Waals surface area contributed by atoms with Crippen LogP contribution in [0, 0.1) is 11.5 Å². The normalized spacial score (nSPS) is 17.0. The molecule has 0 saturated carbocycles. The summed E-state index contributed by atoms with van der Waals surface area (Å²) in [5.41, 5.74) is 0. The molecule has 1 rings (SSSR count). The molecule has 46 valence electrons. The van der Waals surface area contributed by atoms with E-state index in [1.807, 2.05) is 18.3 Å². The Kier molecular flexibility index (Phi) is 1.89. The van der Waals surface area contributed by atoms with E-state index in [-0.39, 0.29) is 0 Å². The van der Waals surface area contributed by atoms with Crippen LogP contribution in [0.15, 0.2) is 24.4 Å². The van der Waals surface area contributed by atoms with Crippen LogP contribution >= 0.6 is 0 Å². The molecule has 0 saturated heterocycles. The molecule has 3 heteroatoms. The average Bonchev–Trinajstić information content (AvgIpc) is 2.13. The Hall–Kier alpha value is -1.27. The molecule has 0 bridgehead atoms. The van der Waals surface area contributed by atoms with Crippen molar-refractivity contribution < 1.29 is 4.84 Å². The fourth-order valence-electron chi connectivity index (χ4n) is 0.491. The molecule has 0 N–H and O–H groups in total. The molecule has 0 atom stereocenters. The van der Waals surface area contributed by atoms with E-state index in [9.17, 15) is 0 Å². The number of nitriles is 1. The minimum absolute atomic E-state index is 0.459. The molecular formula is C6H6N2O. The summed E-state index contributed by atoms with van der Waals surface area (Å²) in [6.45, 7) is 0.459. The zero-order valence-electron chi connectivity index (χ0n) is 4.82. The molecule has 3 nitrogen and oxygen atoms in total.